The van der Waals surface area contributed by atoms with Crippen LogP contribution >= 0.6 is 0 Å². The van der Waals surface area contributed by atoms with Crippen molar-refractivity contribution >= 4 is 29.5 Å². The summed E-state index contributed by atoms with van der Waals surface area (Å²) in [5.74, 6) is -3.56. The lowest BCUT2D eigenvalue weighted by atomic mass is 10.0. The molecule has 1 aromatic carbocycles. The number of rotatable bonds is 5. The van der Waals surface area contributed by atoms with Gasteiger partial charge in [-0.05, 0) is 30.9 Å². The molecule has 0 spiro atoms. The van der Waals surface area contributed by atoms with Crippen LogP contribution in [0.15, 0.2) is 59.4 Å². The van der Waals surface area contributed by atoms with Gasteiger partial charge in [0.05, 0.1) is 18.3 Å². The molecule has 0 fully saturated rings. The lowest BCUT2D eigenvalue weighted by Crippen LogP contribution is -2.57. The van der Waals surface area contributed by atoms with E-state index in [1.54, 1.807) is 0 Å². The van der Waals surface area contributed by atoms with Gasteiger partial charge in [0.1, 0.15) is 23.9 Å². The molecule has 5 amide bonds. The van der Waals surface area contributed by atoms with E-state index < -0.39 is 53.5 Å². The highest BCUT2D eigenvalue weighted by atomic mass is 19.1. The van der Waals surface area contributed by atoms with Crippen molar-refractivity contribution in [3.05, 3.63) is 83.3 Å². The summed E-state index contributed by atoms with van der Waals surface area (Å²) in [6.45, 7) is 4.97. The first-order valence-electron chi connectivity index (χ1n) is 14.6. The average Bonchev–Trinajstić information content (AvgIpc) is 3.48. The van der Waals surface area contributed by atoms with Crippen molar-refractivity contribution in [2.75, 3.05) is 13.1 Å². The Morgan fingerprint density at radius 2 is 1.73 bits per heavy atom. The summed E-state index contributed by atoms with van der Waals surface area (Å²) < 4.78 is 19.2. The molecule has 3 aromatic rings. The number of amides is 5. The molecule has 45 heavy (non-hydrogen) atoms. The predicted molar refractivity (Wildman–Crippen MR) is 159 cm³/mol. The van der Waals surface area contributed by atoms with E-state index in [0.29, 0.717) is 0 Å². The smallest absolute Gasteiger partial charge is 0.274 e. The molecule has 0 saturated carbocycles. The zero-order valence-electron chi connectivity index (χ0n) is 25.2. The maximum absolute atomic E-state index is 13.9. The topological polar surface area (TPSA) is 176 Å². The highest BCUT2D eigenvalue weighted by Gasteiger charge is 2.30. The lowest BCUT2D eigenvalue weighted by Gasteiger charge is -2.26. The number of aromatic nitrogens is 2. The molecule has 2 aromatic heterocycles. The van der Waals surface area contributed by atoms with Crippen molar-refractivity contribution < 1.29 is 32.9 Å². The van der Waals surface area contributed by atoms with Gasteiger partial charge >= 0.3 is 0 Å². The van der Waals surface area contributed by atoms with Crippen LogP contribution in [0.5, 0.6) is 0 Å². The van der Waals surface area contributed by atoms with Gasteiger partial charge in [-0.2, -0.15) is 0 Å². The molecule has 0 unspecified atom stereocenters. The van der Waals surface area contributed by atoms with E-state index >= 15 is 0 Å². The Morgan fingerprint density at radius 1 is 1.00 bits per heavy atom. The Morgan fingerprint density at radius 3 is 2.44 bits per heavy atom. The Hall–Kier alpha value is -5.14. The number of carbonyl (C=O) groups excluding carboxylic acids is 5. The zero-order chi connectivity index (χ0) is 32.5. The minimum Gasteiger partial charge on any atom is -0.359 e. The number of nitrogens with one attached hydrogen (secondary N) is 4. The van der Waals surface area contributed by atoms with Crippen LogP contribution in [0.2, 0.25) is 0 Å². The van der Waals surface area contributed by atoms with E-state index in [2.05, 4.69) is 31.4 Å². The predicted octanol–water partition coefficient (Wildman–Crippen LogP) is 1.36. The fourth-order valence-corrected chi connectivity index (χ4v) is 4.75. The first-order chi connectivity index (χ1) is 21.5. The van der Waals surface area contributed by atoms with Gasteiger partial charge in [-0.3, -0.25) is 29.0 Å². The normalized spacial score (nSPS) is 20.4. The number of benzene rings is 1. The zero-order valence-corrected chi connectivity index (χ0v) is 25.2. The number of pyridine rings is 1. The van der Waals surface area contributed by atoms with Crippen LogP contribution in [0.25, 0.3) is 0 Å². The fourth-order valence-electron chi connectivity index (χ4n) is 4.75. The Kier molecular flexibility index (Phi) is 11.0. The first kappa shape index (κ1) is 32.8. The lowest BCUT2D eigenvalue weighted by molar-refractivity contribution is -0.132. The van der Waals surface area contributed by atoms with E-state index in [1.807, 2.05) is 44.2 Å². The van der Waals surface area contributed by atoms with Gasteiger partial charge in [0, 0.05) is 31.8 Å². The van der Waals surface area contributed by atoms with Crippen LogP contribution in [0.1, 0.15) is 59.4 Å². The summed E-state index contributed by atoms with van der Waals surface area (Å²) in [5.41, 5.74) is 0.614. The Bertz CT molecular complexity index is 1530. The second kappa shape index (κ2) is 15.0. The minimum absolute atomic E-state index is 0.00978. The molecule has 1 aliphatic rings. The van der Waals surface area contributed by atoms with Crippen molar-refractivity contribution in [3.63, 3.8) is 0 Å². The average molecular weight is 622 g/mol. The first-order valence-corrected chi connectivity index (χ1v) is 14.6. The van der Waals surface area contributed by atoms with Crippen molar-refractivity contribution in [1.82, 2.24) is 36.3 Å². The van der Waals surface area contributed by atoms with Crippen LogP contribution in [0.3, 0.4) is 0 Å². The molecule has 14 heteroatoms. The highest BCUT2D eigenvalue weighted by molar-refractivity contribution is 5.98. The summed E-state index contributed by atoms with van der Waals surface area (Å²) in [6.07, 6.45) is 2.61. The molecule has 13 nitrogen and oxygen atoms in total. The third kappa shape index (κ3) is 9.17. The molecule has 0 radical (unpaired) electrons. The molecule has 238 valence electrons. The summed E-state index contributed by atoms with van der Waals surface area (Å²) in [6, 6.07) is 8.38. The number of carbonyl (C=O) groups is 5. The second-order valence-electron chi connectivity index (χ2n) is 11.2. The van der Waals surface area contributed by atoms with Crippen LogP contribution in [-0.4, -0.2) is 75.8 Å². The molecule has 0 saturated heterocycles. The van der Waals surface area contributed by atoms with Crippen LogP contribution in [-0.2, 0) is 27.3 Å². The third-order valence-electron chi connectivity index (χ3n) is 7.05. The molecule has 3 atom stereocenters. The Labute approximate surface area is 259 Å². The van der Waals surface area contributed by atoms with Crippen molar-refractivity contribution in [2.45, 2.75) is 58.3 Å². The molecule has 3 heterocycles. The van der Waals surface area contributed by atoms with Crippen molar-refractivity contribution in [1.29, 1.82) is 0 Å². The van der Waals surface area contributed by atoms with E-state index in [0.717, 1.165) is 17.8 Å². The maximum atomic E-state index is 13.9. The van der Waals surface area contributed by atoms with Crippen LogP contribution in [0, 0.1) is 11.7 Å². The molecule has 1 aliphatic heterocycles. The third-order valence-corrected chi connectivity index (χ3v) is 7.05. The Balaban J connectivity index is 1.65. The van der Waals surface area contributed by atoms with Gasteiger partial charge in [0.15, 0.2) is 11.5 Å². The molecular weight excluding hydrogens is 585 g/mol. The number of hydrogen-bond acceptors (Lipinski definition) is 8. The SMILES string of the molecule is CC(C)C[C@H]1NC(=O)[C@@H](C)NC(=O)c2cc(on2)CN(C(=O)c2cncc(F)c2)CCNC(=O)[C@@H](Cc2ccccc2)NC1=O. The number of fused-ring (bicyclic) bond motifs is 2. The summed E-state index contributed by atoms with van der Waals surface area (Å²) in [5, 5.41) is 14.5. The minimum atomic E-state index is -1.05. The quantitative estimate of drug-likeness (QED) is 0.330. The second-order valence-corrected chi connectivity index (χ2v) is 11.2. The largest absolute Gasteiger partial charge is 0.359 e. The fraction of sp³-hybridized carbons (Fsp3) is 0.387. The van der Waals surface area contributed by atoms with Gasteiger partial charge in [-0.1, -0.05) is 49.3 Å². The summed E-state index contributed by atoms with van der Waals surface area (Å²) in [4.78, 5) is 71.3. The maximum Gasteiger partial charge on any atom is 0.274 e. The van der Waals surface area contributed by atoms with E-state index in [1.165, 1.54) is 24.1 Å². The molecule has 4 rings (SSSR count). The highest BCUT2D eigenvalue weighted by Crippen LogP contribution is 2.13. The molecular formula is C31H36FN7O6. The number of halogens is 1. The van der Waals surface area contributed by atoms with Gasteiger partial charge in [-0.25, -0.2) is 4.39 Å². The number of hydrogen-bond donors (Lipinski definition) is 4. The van der Waals surface area contributed by atoms with Gasteiger partial charge in [0.25, 0.3) is 11.8 Å². The molecule has 2 bridgehead atoms. The van der Waals surface area contributed by atoms with Crippen LogP contribution < -0.4 is 21.3 Å². The summed E-state index contributed by atoms with van der Waals surface area (Å²) >= 11 is 0. The van der Waals surface area contributed by atoms with E-state index in [4.69, 9.17) is 4.52 Å². The van der Waals surface area contributed by atoms with E-state index in [9.17, 15) is 28.4 Å². The standard InChI is InChI=1S/C31H36FN7O6/c1-18(2)11-24-29(42)37-25(12-20-7-5-4-6-8-20)28(41)34-9-10-39(31(44)21-13-22(32)16-33-15-21)17-23-14-26(38-45-23)30(43)35-19(3)27(40)36-24/h4-8,13-16,18-19,24-25H,9-12,17H2,1-3H3,(H,34,41)(H,35,43)(H,36,40)(H,37,42)/t19-,24-,25-/m1/s1. The summed E-state index contributed by atoms with van der Waals surface area (Å²) in [7, 11) is 0. The van der Waals surface area contributed by atoms with Crippen molar-refractivity contribution in [3.8, 4) is 0 Å². The van der Waals surface area contributed by atoms with Gasteiger partial charge in [-0.15, -0.1) is 0 Å². The monoisotopic (exact) mass is 621 g/mol. The van der Waals surface area contributed by atoms with Gasteiger partial charge < -0.3 is 30.7 Å². The molecule has 0 aliphatic carbocycles. The van der Waals surface area contributed by atoms with Gasteiger partial charge in [0.2, 0.25) is 17.7 Å². The number of nitrogens with zero attached hydrogens (tertiary/aromatic N) is 3. The van der Waals surface area contributed by atoms with Crippen LogP contribution in [0.4, 0.5) is 4.39 Å². The van der Waals surface area contributed by atoms with Crippen molar-refractivity contribution in [2.24, 2.45) is 5.92 Å². The molecule has 4 N–H and O–H groups in total. The van der Waals surface area contributed by atoms with E-state index in [-0.39, 0.29) is 55.4 Å².